The van der Waals surface area contributed by atoms with Crippen LogP contribution < -0.4 is 22.9 Å². The molecule has 16 heavy (non-hydrogen) atoms. The number of nitrogens with two attached hydrogens (primary N) is 4. The molecule has 0 aliphatic carbocycles. The quantitative estimate of drug-likeness (QED) is 0.468. The Morgan fingerprint density at radius 1 is 1.00 bits per heavy atom. The van der Waals surface area contributed by atoms with Crippen molar-refractivity contribution in [1.29, 1.82) is 0 Å². The minimum atomic E-state index is -1.10. The molecule has 0 spiro atoms. The molecular weight excluding hydrogens is 200 g/mol. The predicted octanol–water partition coefficient (Wildman–Crippen LogP) is 1.09. The van der Waals surface area contributed by atoms with Crippen LogP contribution in [0, 0.1) is 11.3 Å². The summed E-state index contributed by atoms with van der Waals surface area (Å²) in [4.78, 5) is 0. The fourth-order valence-electron chi connectivity index (χ4n) is 2.57. The smallest absolute Gasteiger partial charge is 0.121 e. The van der Waals surface area contributed by atoms with Crippen molar-refractivity contribution >= 4 is 0 Å². The van der Waals surface area contributed by atoms with Gasteiger partial charge in [-0.3, -0.25) is 0 Å². The standard InChI is InChI=1S/C12H30N4/c1-4-10(7-8-13)9-11(5-2,6-3)12(14,15)16/h10H,4-9,13-16H2,1-3H3. The highest BCUT2D eigenvalue weighted by molar-refractivity contribution is 4.94. The van der Waals surface area contributed by atoms with Crippen molar-refractivity contribution in [3.63, 3.8) is 0 Å². The highest BCUT2D eigenvalue weighted by atomic mass is 15.1. The summed E-state index contributed by atoms with van der Waals surface area (Å²) >= 11 is 0. The molecule has 0 saturated carbocycles. The lowest BCUT2D eigenvalue weighted by Gasteiger charge is -2.44. The van der Waals surface area contributed by atoms with E-state index in [9.17, 15) is 0 Å². The van der Waals surface area contributed by atoms with Crippen LogP contribution in [0.15, 0.2) is 0 Å². The van der Waals surface area contributed by atoms with Gasteiger partial charge in [-0.15, -0.1) is 0 Å². The lowest BCUT2D eigenvalue weighted by atomic mass is 9.69. The number of hydrogen-bond donors (Lipinski definition) is 4. The third kappa shape index (κ3) is 3.70. The minimum Gasteiger partial charge on any atom is -0.330 e. The summed E-state index contributed by atoms with van der Waals surface area (Å²) in [7, 11) is 0. The van der Waals surface area contributed by atoms with E-state index in [1.54, 1.807) is 0 Å². The highest BCUT2D eigenvalue weighted by Gasteiger charge is 2.41. The van der Waals surface area contributed by atoms with Crippen molar-refractivity contribution < 1.29 is 0 Å². The van der Waals surface area contributed by atoms with E-state index < -0.39 is 5.79 Å². The predicted molar refractivity (Wildman–Crippen MR) is 70.4 cm³/mol. The summed E-state index contributed by atoms with van der Waals surface area (Å²) in [5.74, 6) is -0.529. The highest BCUT2D eigenvalue weighted by Crippen LogP contribution is 2.39. The second-order valence-electron chi connectivity index (χ2n) is 4.98. The molecule has 98 valence electrons. The van der Waals surface area contributed by atoms with Crippen LogP contribution in [-0.4, -0.2) is 12.3 Å². The zero-order valence-electron chi connectivity index (χ0n) is 11.1. The van der Waals surface area contributed by atoms with E-state index in [2.05, 4.69) is 20.8 Å². The zero-order chi connectivity index (χ0) is 12.8. The van der Waals surface area contributed by atoms with Crippen LogP contribution in [0.3, 0.4) is 0 Å². The molecule has 0 rings (SSSR count). The van der Waals surface area contributed by atoms with Gasteiger partial charge in [-0.25, -0.2) is 0 Å². The van der Waals surface area contributed by atoms with Gasteiger partial charge in [-0.05, 0) is 38.1 Å². The molecule has 1 unspecified atom stereocenters. The van der Waals surface area contributed by atoms with Gasteiger partial charge < -0.3 is 22.9 Å². The largest absolute Gasteiger partial charge is 0.330 e. The Balaban J connectivity index is 4.78. The Bertz CT molecular complexity index is 182. The van der Waals surface area contributed by atoms with Crippen LogP contribution in [0.25, 0.3) is 0 Å². The van der Waals surface area contributed by atoms with Crippen molar-refractivity contribution in [3.8, 4) is 0 Å². The van der Waals surface area contributed by atoms with E-state index in [4.69, 9.17) is 22.9 Å². The van der Waals surface area contributed by atoms with Crippen molar-refractivity contribution in [1.82, 2.24) is 0 Å². The first kappa shape index (κ1) is 15.8. The van der Waals surface area contributed by atoms with Crippen molar-refractivity contribution in [2.75, 3.05) is 6.54 Å². The summed E-state index contributed by atoms with van der Waals surface area (Å²) in [6.07, 6.45) is 4.92. The molecule has 4 nitrogen and oxygen atoms in total. The topological polar surface area (TPSA) is 104 Å². The first-order valence-corrected chi connectivity index (χ1v) is 6.43. The van der Waals surface area contributed by atoms with E-state index >= 15 is 0 Å². The summed E-state index contributed by atoms with van der Waals surface area (Å²) in [5.41, 5.74) is 23.3. The summed E-state index contributed by atoms with van der Waals surface area (Å²) in [6.45, 7) is 7.12. The van der Waals surface area contributed by atoms with E-state index in [0.29, 0.717) is 12.5 Å². The first-order chi connectivity index (χ1) is 7.36. The average Bonchev–Trinajstić information content (AvgIpc) is 2.22. The van der Waals surface area contributed by atoms with Crippen LogP contribution >= 0.6 is 0 Å². The lowest BCUT2D eigenvalue weighted by molar-refractivity contribution is 0.0752. The van der Waals surface area contributed by atoms with Crippen LogP contribution in [-0.2, 0) is 0 Å². The molecule has 4 heteroatoms. The van der Waals surface area contributed by atoms with Gasteiger partial charge in [0.25, 0.3) is 0 Å². The molecule has 0 fully saturated rings. The molecule has 1 atom stereocenters. The average molecular weight is 230 g/mol. The van der Waals surface area contributed by atoms with Gasteiger partial charge in [0.2, 0.25) is 0 Å². The van der Waals surface area contributed by atoms with E-state index in [1.807, 2.05) is 0 Å². The van der Waals surface area contributed by atoms with Gasteiger partial charge in [0, 0.05) is 5.41 Å². The van der Waals surface area contributed by atoms with Gasteiger partial charge >= 0.3 is 0 Å². The Morgan fingerprint density at radius 2 is 1.50 bits per heavy atom. The SMILES string of the molecule is CCC(CCN)CC(CC)(CC)C(N)(N)N. The minimum absolute atomic E-state index is 0.178. The molecule has 0 saturated heterocycles. The normalized spacial score (nSPS) is 15.2. The molecule has 0 aliphatic rings. The summed E-state index contributed by atoms with van der Waals surface area (Å²) in [6, 6.07) is 0. The number of rotatable bonds is 8. The van der Waals surface area contributed by atoms with Crippen molar-refractivity contribution in [3.05, 3.63) is 0 Å². The molecule has 0 bridgehead atoms. The van der Waals surface area contributed by atoms with Gasteiger partial charge in [-0.1, -0.05) is 27.2 Å². The molecule has 0 aromatic rings. The Morgan fingerprint density at radius 3 is 1.75 bits per heavy atom. The molecule has 0 radical (unpaired) electrons. The van der Waals surface area contributed by atoms with E-state index in [-0.39, 0.29) is 5.41 Å². The monoisotopic (exact) mass is 230 g/mol. The van der Waals surface area contributed by atoms with E-state index in [0.717, 1.165) is 32.1 Å². The van der Waals surface area contributed by atoms with Crippen LogP contribution in [0.2, 0.25) is 0 Å². The van der Waals surface area contributed by atoms with Crippen molar-refractivity contribution in [2.45, 2.75) is 58.7 Å². The van der Waals surface area contributed by atoms with Gasteiger partial charge in [0.15, 0.2) is 0 Å². The van der Waals surface area contributed by atoms with Gasteiger partial charge in [0.1, 0.15) is 5.79 Å². The Hall–Kier alpha value is -0.160. The first-order valence-electron chi connectivity index (χ1n) is 6.43. The maximum Gasteiger partial charge on any atom is 0.121 e. The second kappa shape index (κ2) is 6.55. The lowest BCUT2D eigenvalue weighted by Crippen LogP contribution is -2.69. The van der Waals surface area contributed by atoms with E-state index in [1.165, 1.54) is 0 Å². The fraction of sp³-hybridized carbons (Fsp3) is 1.00. The molecule has 0 aromatic carbocycles. The Kier molecular flexibility index (Phi) is 6.48. The van der Waals surface area contributed by atoms with Gasteiger partial charge in [-0.2, -0.15) is 0 Å². The summed E-state index contributed by atoms with van der Waals surface area (Å²) < 4.78 is 0. The maximum absolute atomic E-state index is 5.96. The molecule has 0 amide bonds. The van der Waals surface area contributed by atoms with Gasteiger partial charge in [0.05, 0.1) is 0 Å². The van der Waals surface area contributed by atoms with Crippen LogP contribution in [0.1, 0.15) is 52.9 Å². The fourth-order valence-corrected chi connectivity index (χ4v) is 2.57. The van der Waals surface area contributed by atoms with Crippen LogP contribution in [0.5, 0.6) is 0 Å². The molecular formula is C12H30N4. The molecule has 0 heterocycles. The molecule has 0 aromatic heterocycles. The summed E-state index contributed by atoms with van der Waals surface area (Å²) in [5, 5.41) is 0. The zero-order valence-corrected chi connectivity index (χ0v) is 11.1. The molecule has 0 aliphatic heterocycles. The van der Waals surface area contributed by atoms with Crippen LogP contribution in [0.4, 0.5) is 0 Å². The maximum atomic E-state index is 5.96. The van der Waals surface area contributed by atoms with Crippen molar-refractivity contribution in [2.24, 2.45) is 34.3 Å². The Labute approximate surface area is 100 Å². The third-order valence-electron chi connectivity index (χ3n) is 4.10. The number of hydrogen-bond acceptors (Lipinski definition) is 4. The second-order valence-corrected chi connectivity index (χ2v) is 4.98. The third-order valence-corrected chi connectivity index (χ3v) is 4.10. The molecule has 8 N–H and O–H groups in total.